The Bertz CT molecular complexity index is 1040. The van der Waals surface area contributed by atoms with Gasteiger partial charge in [0.2, 0.25) is 0 Å². The summed E-state index contributed by atoms with van der Waals surface area (Å²) in [6.07, 6.45) is 1.57. The molecule has 0 spiro atoms. The Morgan fingerprint density at radius 2 is 1.90 bits per heavy atom. The first kappa shape index (κ1) is 20.3. The zero-order chi connectivity index (χ0) is 21.0. The van der Waals surface area contributed by atoms with Crippen molar-refractivity contribution < 1.29 is 29.6 Å². The van der Waals surface area contributed by atoms with Crippen LogP contribution < -0.4 is 4.74 Å². The Kier molecular flexibility index (Phi) is 6.13. The molecule has 1 aliphatic heterocycles. The molecule has 1 aliphatic rings. The van der Waals surface area contributed by atoms with E-state index in [-0.39, 0.29) is 34.5 Å². The van der Waals surface area contributed by atoms with Gasteiger partial charge in [-0.2, -0.15) is 0 Å². The van der Waals surface area contributed by atoms with Crippen LogP contribution in [-0.2, 0) is 9.53 Å². The van der Waals surface area contributed by atoms with Crippen LogP contribution in [0.25, 0.3) is 6.08 Å². The zero-order valence-corrected chi connectivity index (χ0v) is 16.6. The van der Waals surface area contributed by atoms with E-state index >= 15 is 0 Å². The maximum Gasteiger partial charge on any atom is 0.344 e. The van der Waals surface area contributed by atoms with Gasteiger partial charge in [0.15, 0.2) is 11.5 Å². The summed E-state index contributed by atoms with van der Waals surface area (Å²) in [4.78, 5) is 17.3. The molecule has 1 heterocycles. The molecule has 3 N–H and O–H groups in total. The molecule has 0 atom stereocenters. The summed E-state index contributed by atoms with van der Waals surface area (Å²) in [6, 6.07) is 11.3. The molecule has 0 unspecified atom stereocenters. The maximum absolute atomic E-state index is 12.4. The van der Waals surface area contributed by atoms with Crippen molar-refractivity contribution in [1.29, 1.82) is 0 Å². The first-order chi connectivity index (χ1) is 13.9. The number of rotatable bonds is 5. The molecule has 8 heteroatoms. The lowest BCUT2D eigenvalue weighted by molar-refractivity contribution is -0.138. The van der Waals surface area contributed by atoms with Crippen LogP contribution in [0.1, 0.15) is 12.5 Å². The Morgan fingerprint density at radius 1 is 1.14 bits per heavy atom. The predicted octanol–water partition coefficient (Wildman–Crippen LogP) is 4.30. The number of hydrogen-bond donors (Lipinski definition) is 3. The van der Waals surface area contributed by atoms with Crippen LogP contribution >= 0.6 is 11.8 Å². The molecular weight excluding hydrogens is 394 g/mol. The number of aliphatic hydroxyl groups is 1. The molecule has 0 fully saturated rings. The zero-order valence-electron chi connectivity index (χ0n) is 15.7. The van der Waals surface area contributed by atoms with E-state index in [4.69, 9.17) is 9.47 Å². The van der Waals surface area contributed by atoms with Crippen LogP contribution in [0.5, 0.6) is 17.2 Å². The van der Waals surface area contributed by atoms with Crippen molar-refractivity contribution >= 4 is 34.5 Å². The Labute approximate surface area is 171 Å². The lowest BCUT2D eigenvalue weighted by Gasteiger charge is -2.06. The standard InChI is InChI=1S/C21H19NO6S/c1-3-28-21(26)18-19(25)17(11-12-8-9-14(23)15(24)10-12)29-20(18)22-13-6-4-5-7-16(13)27-2/h4-11,23-25H,3H2,1-2H3. The number of carbonyl (C=O) groups is 1. The normalized spacial score (nSPS) is 16.5. The minimum Gasteiger partial charge on any atom is -0.506 e. The van der Waals surface area contributed by atoms with Crippen molar-refractivity contribution in [3.05, 3.63) is 64.3 Å². The first-order valence-electron chi connectivity index (χ1n) is 8.69. The minimum absolute atomic E-state index is 0.0444. The van der Waals surface area contributed by atoms with Crippen LogP contribution in [0.3, 0.4) is 0 Å². The molecule has 3 rings (SSSR count). The maximum atomic E-state index is 12.4. The number of para-hydroxylation sites is 2. The summed E-state index contributed by atoms with van der Waals surface area (Å²) in [6.45, 7) is 1.82. The van der Waals surface area contributed by atoms with Crippen LogP contribution in [0.15, 0.2) is 63.7 Å². The highest BCUT2D eigenvalue weighted by Gasteiger charge is 2.33. The van der Waals surface area contributed by atoms with Gasteiger partial charge in [-0.05, 0) is 42.8 Å². The second-order valence-electron chi connectivity index (χ2n) is 5.89. The number of phenols is 2. The molecule has 29 heavy (non-hydrogen) atoms. The fourth-order valence-corrected chi connectivity index (χ4v) is 3.63. The molecule has 0 bridgehead atoms. The third-order valence-corrected chi connectivity index (χ3v) is 4.99. The minimum atomic E-state index is -0.692. The van der Waals surface area contributed by atoms with Crippen LogP contribution in [0, 0.1) is 0 Å². The highest BCUT2D eigenvalue weighted by molar-refractivity contribution is 8.18. The van der Waals surface area contributed by atoms with E-state index in [0.29, 0.717) is 21.9 Å². The van der Waals surface area contributed by atoms with Crippen molar-refractivity contribution in [3.63, 3.8) is 0 Å². The third-order valence-electron chi connectivity index (χ3n) is 3.97. The van der Waals surface area contributed by atoms with E-state index in [9.17, 15) is 20.1 Å². The Morgan fingerprint density at radius 3 is 2.59 bits per heavy atom. The van der Waals surface area contributed by atoms with E-state index < -0.39 is 5.97 Å². The number of aliphatic imine (C=N–C) groups is 1. The fourth-order valence-electron chi connectivity index (χ4n) is 2.60. The quantitative estimate of drug-likeness (QED) is 0.495. The van der Waals surface area contributed by atoms with Gasteiger partial charge in [0, 0.05) is 0 Å². The van der Waals surface area contributed by atoms with Crippen molar-refractivity contribution in [1.82, 2.24) is 0 Å². The number of phenolic OH excluding ortho intramolecular Hbond substituents is 2. The number of aliphatic hydroxyl groups excluding tert-OH is 1. The summed E-state index contributed by atoms with van der Waals surface area (Å²) in [7, 11) is 1.52. The first-order valence-corrected chi connectivity index (χ1v) is 9.50. The van der Waals surface area contributed by atoms with E-state index in [2.05, 4.69) is 4.99 Å². The van der Waals surface area contributed by atoms with Gasteiger partial charge in [0.1, 0.15) is 27.8 Å². The molecule has 0 amide bonds. The van der Waals surface area contributed by atoms with Gasteiger partial charge in [-0.25, -0.2) is 9.79 Å². The highest BCUT2D eigenvalue weighted by Crippen LogP contribution is 2.41. The molecule has 0 saturated heterocycles. The SMILES string of the molecule is CCOC(=O)C1=C(O)C(=Cc2ccc(O)c(O)c2)SC1=Nc1ccccc1OC. The second-order valence-corrected chi connectivity index (χ2v) is 6.92. The van der Waals surface area contributed by atoms with Gasteiger partial charge in [-0.3, -0.25) is 0 Å². The van der Waals surface area contributed by atoms with Gasteiger partial charge < -0.3 is 24.8 Å². The molecule has 0 aliphatic carbocycles. The number of esters is 1. The lowest BCUT2D eigenvalue weighted by Crippen LogP contribution is -2.12. The number of aromatic hydroxyl groups is 2. The number of benzene rings is 2. The number of thioether (sulfide) groups is 1. The predicted molar refractivity (Wildman–Crippen MR) is 112 cm³/mol. The lowest BCUT2D eigenvalue weighted by atomic mass is 10.1. The summed E-state index contributed by atoms with van der Waals surface area (Å²) < 4.78 is 10.4. The summed E-state index contributed by atoms with van der Waals surface area (Å²) in [5.41, 5.74) is 0.976. The van der Waals surface area contributed by atoms with Gasteiger partial charge in [0.25, 0.3) is 0 Å². The Balaban J connectivity index is 2.07. The highest BCUT2D eigenvalue weighted by atomic mass is 32.2. The Hall–Kier alpha value is -3.39. The molecular formula is C21H19NO6S. The van der Waals surface area contributed by atoms with Gasteiger partial charge in [0.05, 0.1) is 18.6 Å². The van der Waals surface area contributed by atoms with Gasteiger partial charge in [-0.15, -0.1) is 0 Å². The van der Waals surface area contributed by atoms with E-state index in [1.807, 2.05) is 0 Å². The van der Waals surface area contributed by atoms with E-state index in [1.165, 1.54) is 19.2 Å². The molecule has 0 radical (unpaired) electrons. The monoisotopic (exact) mass is 413 g/mol. The number of carbonyl (C=O) groups excluding carboxylic acids is 1. The summed E-state index contributed by atoms with van der Waals surface area (Å²) in [5, 5.41) is 30.1. The molecule has 150 valence electrons. The van der Waals surface area contributed by atoms with Crippen LogP contribution in [0.4, 0.5) is 5.69 Å². The fraction of sp³-hybridized carbons (Fsp3) is 0.143. The summed E-state index contributed by atoms with van der Waals surface area (Å²) in [5.74, 6) is -0.988. The second kappa shape index (κ2) is 8.74. The average Bonchev–Trinajstić information content (AvgIpc) is 3.00. The van der Waals surface area contributed by atoms with E-state index in [1.54, 1.807) is 43.3 Å². The molecule has 7 nitrogen and oxygen atoms in total. The number of nitrogens with zero attached hydrogens (tertiary/aromatic N) is 1. The molecule has 2 aromatic rings. The third kappa shape index (κ3) is 4.38. The smallest absolute Gasteiger partial charge is 0.344 e. The largest absolute Gasteiger partial charge is 0.506 e. The van der Waals surface area contributed by atoms with Crippen molar-refractivity contribution in [2.75, 3.05) is 13.7 Å². The van der Waals surface area contributed by atoms with Crippen LogP contribution in [-0.4, -0.2) is 40.0 Å². The molecule has 0 aromatic heterocycles. The van der Waals surface area contributed by atoms with Gasteiger partial charge >= 0.3 is 5.97 Å². The molecule has 2 aromatic carbocycles. The van der Waals surface area contributed by atoms with Crippen molar-refractivity contribution in [2.45, 2.75) is 6.92 Å². The summed E-state index contributed by atoms with van der Waals surface area (Å²) >= 11 is 1.09. The van der Waals surface area contributed by atoms with Crippen LogP contribution in [0.2, 0.25) is 0 Å². The number of methoxy groups -OCH3 is 1. The number of ether oxygens (including phenoxy) is 2. The number of hydrogen-bond acceptors (Lipinski definition) is 8. The van der Waals surface area contributed by atoms with Crippen molar-refractivity contribution in [3.8, 4) is 17.2 Å². The van der Waals surface area contributed by atoms with Gasteiger partial charge in [-0.1, -0.05) is 30.0 Å². The topological polar surface area (TPSA) is 109 Å². The van der Waals surface area contributed by atoms with Crippen molar-refractivity contribution in [2.24, 2.45) is 4.99 Å². The van der Waals surface area contributed by atoms with E-state index in [0.717, 1.165) is 11.8 Å². The molecule has 0 saturated carbocycles. The average molecular weight is 413 g/mol.